The Morgan fingerprint density at radius 1 is 0.219 bits per heavy atom. The van der Waals surface area contributed by atoms with Crippen molar-refractivity contribution >= 4 is 89.7 Å². The Bertz CT molecular complexity index is 470. The summed E-state index contributed by atoms with van der Waals surface area (Å²) in [5.74, 6) is 0. The summed E-state index contributed by atoms with van der Waals surface area (Å²) in [6, 6.07) is 0. The molecule has 32 heavy (non-hydrogen) atoms. The molecule has 0 unspecified atom stereocenters. The van der Waals surface area contributed by atoms with Gasteiger partial charge in [-0.2, -0.15) is 0 Å². The van der Waals surface area contributed by atoms with Gasteiger partial charge >= 0.3 is 203 Å². The first kappa shape index (κ1) is 33.9. The Kier molecular flexibility index (Phi) is 11.3. The molecule has 0 aliphatic carbocycles. The molecule has 0 heterocycles. The molecule has 0 nitrogen and oxygen atoms in total. The van der Waals surface area contributed by atoms with Crippen molar-refractivity contribution in [3.8, 4) is 0 Å². The summed E-state index contributed by atoms with van der Waals surface area (Å²) in [4.78, 5) is 0. The molecule has 0 rings (SSSR count). The predicted molar refractivity (Wildman–Crippen MR) is 76.2 cm³/mol. The van der Waals surface area contributed by atoms with Gasteiger partial charge in [-0.3, -0.25) is 0 Å². The molecular weight excluding hydrogens is 912 g/mol. The van der Waals surface area contributed by atoms with E-state index in [9.17, 15) is 79.0 Å². The number of halogens is 18. The van der Waals surface area contributed by atoms with Crippen LogP contribution in [0.2, 0.25) is 4.22 Å². The fourth-order valence-electron chi connectivity index (χ4n) is 1.41. The second-order valence-corrected chi connectivity index (χ2v) is 28.4. The molecule has 0 saturated heterocycles. The molecule has 0 N–H and O–H groups in total. The zero-order valence-corrected chi connectivity index (χ0v) is 23.5. The zero-order valence-electron chi connectivity index (χ0n) is 13.3. The van der Waals surface area contributed by atoms with E-state index in [0.29, 0.717) is 0 Å². The number of hydrogen-bond donors (Lipinski definition) is 0. The predicted octanol–water partition coefficient (Wildman–Crippen LogP) is 4.48. The molecule has 194 valence electrons. The van der Waals surface area contributed by atoms with Gasteiger partial charge in [0.15, 0.2) is 0 Å². The summed E-state index contributed by atoms with van der Waals surface area (Å²) in [5.41, 5.74) is 0. The average Bonchev–Trinajstić information content (AvgIpc) is 2.23. The molecule has 0 aliphatic rings. The number of rotatable bonds is 7. The summed E-state index contributed by atoms with van der Waals surface area (Å²) >= 11 is -25.8. The molecular formula is C8F18Se6. The summed E-state index contributed by atoms with van der Waals surface area (Å²) in [5, 5.41) is -37.1. The number of alkyl halides is 18. The Labute approximate surface area is 202 Å². The van der Waals surface area contributed by atoms with Gasteiger partial charge in [0, 0.05) is 0 Å². The van der Waals surface area contributed by atoms with Gasteiger partial charge in [-0.15, -0.1) is 0 Å². The molecule has 0 fully saturated rings. The molecule has 0 aromatic rings. The topological polar surface area (TPSA) is 0 Å². The number of hydrogen-bond acceptors (Lipinski definition) is 0. The van der Waals surface area contributed by atoms with Crippen molar-refractivity contribution < 1.29 is 79.0 Å². The molecule has 0 atom stereocenters. The molecule has 0 aromatic heterocycles. The molecule has 0 saturated carbocycles. The monoisotopic (exact) mass is 917 g/mol. The minimum atomic E-state index is -6.18. The van der Waals surface area contributed by atoms with Gasteiger partial charge < -0.3 is 0 Å². The molecule has 0 amide bonds. The second kappa shape index (κ2) is 10.7. The van der Waals surface area contributed by atoms with Crippen LogP contribution >= 0.6 is 0 Å². The van der Waals surface area contributed by atoms with E-state index in [-0.39, 0.29) is 0 Å². The Morgan fingerprint density at radius 2 is 0.312 bits per heavy atom. The second-order valence-electron chi connectivity index (χ2n) is 4.40. The van der Waals surface area contributed by atoms with Gasteiger partial charge in [-0.1, -0.05) is 0 Å². The molecule has 24 heteroatoms. The van der Waals surface area contributed by atoms with E-state index in [4.69, 9.17) is 0 Å². The van der Waals surface area contributed by atoms with Crippen LogP contribution in [0.1, 0.15) is 0 Å². The van der Waals surface area contributed by atoms with Gasteiger partial charge in [-0.25, -0.2) is 0 Å². The van der Waals surface area contributed by atoms with Crippen molar-refractivity contribution in [1.82, 2.24) is 0 Å². The minimum absolute atomic E-state index is 4.31. The maximum atomic E-state index is 13.0. The quantitative estimate of drug-likeness (QED) is 0.262. The first-order valence-electron chi connectivity index (χ1n) is 6.10. The molecule has 0 aliphatic heterocycles. The summed E-state index contributed by atoms with van der Waals surface area (Å²) in [6.07, 6.45) is 0. The van der Waals surface area contributed by atoms with E-state index in [1.807, 2.05) is 0 Å². The van der Waals surface area contributed by atoms with Crippen LogP contribution in [0.4, 0.5) is 79.0 Å². The van der Waals surface area contributed by atoms with E-state index in [2.05, 4.69) is 0 Å². The fourth-order valence-corrected chi connectivity index (χ4v) is 30.6. The molecule has 0 spiro atoms. The summed E-state index contributed by atoms with van der Waals surface area (Å²) in [6.45, 7) is 0. The normalized spacial score (nSPS) is 15.9. The van der Waals surface area contributed by atoms with Crippen molar-refractivity contribution in [3.05, 3.63) is 0 Å². The van der Waals surface area contributed by atoms with E-state index < -0.39 is 124 Å². The summed E-state index contributed by atoms with van der Waals surface area (Å²) < 4.78 is 224. The van der Waals surface area contributed by atoms with Crippen LogP contribution in [0.3, 0.4) is 0 Å². The van der Waals surface area contributed by atoms with Gasteiger partial charge in [0.1, 0.15) is 0 Å². The van der Waals surface area contributed by atoms with Crippen LogP contribution in [-0.4, -0.2) is 120 Å². The van der Waals surface area contributed by atoms with E-state index in [0.717, 1.165) is 0 Å². The van der Waals surface area contributed by atoms with Crippen LogP contribution in [-0.2, 0) is 0 Å². The van der Waals surface area contributed by atoms with E-state index in [1.165, 1.54) is 0 Å². The maximum absolute atomic E-state index is 13.0. The Morgan fingerprint density at radius 3 is 0.375 bits per heavy atom. The first-order valence-corrected chi connectivity index (χ1v) is 16.4. The zero-order chi connectivity index (χ0) is 26.2. The standard InChI is InChI=1S/C8F18Se6/c9-3(10,11)27-1(28-4(12,13)14,29-5(15,16)17)2(30-6(18,19)20,31-7(21,22)23)32-8(24,25)26. The van der Waals surface area contributed by atoms with Crippen molar-refractivity contribution in [2.45, 2.75) is 34.7 Å². The van der Waals surface area contributed by atoms with Crippen LogP contribution in [0.15, 0.2) is 0 Å². The van der Waals surface area contributed by atoms with Gasteiger partial charge in [0.05, 0.1) is 0 Å². The first-order chi connectivity index (χ1) is 13.5. The van der Waals surface area contributed by atoms with Crippen LogP contribution < -0.4 is 0 Å². The van der Waals surface area contributed by atoms with Gasteiger partial charge in [-0.05, 0) is 0 Å². The van der Waals surface area contributed by atoms with Crippen molar-refractivity contribution in [2.75, 3.05) is 0 Å². The molecule has 0 bridgehead atoms. The van der Waals surface area contributed by atoms with Gasteiger partial charge in [0.25, 0.3) is 0 Å². The van der Waals surface area contributed by atoms with Crippen LogP contribution in [0.5, 0.6) is 0 Å². The Balaban J connectivity index is 7.54. The van der Waals surface area contributed by atoms with Crippen molar-refractivity contribution in [3.63, 3.8) is 0 Å². The van der Waals surface area contributed by atoms with E-state index >= 15 is 0 Å². The Hall–Kier alpha value is 1.86. The molecule has 0 radical (unpaired) electrons. The third-order valence-corrected chi connectivity index (χ3v) is 28.8. The van der Waals surface area contributed by atoms with E-state index in [1.54, 1.807) is 0 Å². The SMILES string of the molecule is FC(F)(F)[Se]C([Se]C(F)(F)F)([Se]C(F)(F)F)C([Se]C(F)(F)F)([Se]C(F)(F)F)[Se]C(F)(F)F. The van der Waals surface area contributed by atoms with Crippen LogP contribution in [0.25, 0.3) is 0 Å². The average molecular weight is 912 g/mol. The van der Waals surface area contributed by atoms with Crippen LogP contribution in [0, 0.1) is 0 Å². The summed E-state index contributed by atoms with van der Waals surface area (Å²) in [7, 11) is 0. The fraction of sp³-hybridized carbons (Fsp3) is 1.00. The van der Waals surface area contributed by atoms with Crippen molar-refractivity contribution in [1.29, 1.82) is 0 Å². The third kappa shape index (κ3) is 13.8. The van der Waals surface area contributed by atoms with Crippen molar-refractivity contribution in [2.24, 2.45) is 0 Å². The molecule has 0 aromatic carbocycles. The third-order valence-electron chi connectivity index (χ3n) is 1.88. The van der Waals surface area contributed by atoms with Gasteiger partial charge in [0.2, 0.25) is 0 Å².